The van der Waals surface area contributed by atoms with Crippen molar-refractivity contribution >= 4 is 11.4 Å². The number of anilines is 1. The van der Waals surface area contributed by atoms with Gasteiger partial charge in [-0.15, -0.1) is 0 Å². The van der Waals surface area contributed by atoms with Gasteiger partial charge in [0.25, 0.3) is 0 Å². The van der Waals surface area contributed by atoms with Gasteiger partial charge in [-0.3, -0.25) is 5.43 Å². The van der Waals surface area contributed by atoms with E-state index in [4.69, 9.17) is 9.84 Å². The molecule has 1 heterocycles. The molecule has 4 heteroatoms. The van der Waals surface area contributed by atoms with Crippen molar-refractivity contribution in [2.24, 2.45) is 50.4 Å². The average Bonchev–Trinajstić information content (AvgIpc) is 3.26. The molecule has 0 bridgehead atoms. The summed E-state index contributed by atoms with van der Waals surface area (Å²) in [5.41, 5.74) is 7.51. The normalized spacial score (nSPS) is 47.8. The summed E-state index contributed by atoms with van der Waals surface area (Å²) < 4.78 is 6.93. The number of nitrogens with one attached hydrogen (secondary N) is 1. The maximum absolute atomic E-state index is 12.2. The summed E-state index contributed by atoms with van der Waals surface area (Å²) in [5.74, 6) is 1.88. The van der Waals surface area contributed by atoms with Crippen molar-refractivity contribution in [1.29, 1.82) is 0 Å². The fourth-order valence-electron chi connectivity index (χ4n) is 12.1. The van der Waals surface area contributed by atoms with E-state index in [2.05, 4.69) is 92.0 Å². The van der Waals surface area contributed by atoms with E-state index >= 15 is 0 Å². The highest BCUT2D eigenvalue weighted by atomic mass is 16.5. The summed E-state index contributed by atoms with van der Waals surface area (Å²) in [4.78, 5) is 0. The zero-order valence-corrected chi connectivity index (χ0v) is 27.6. The summed E-state index contributed by atoms with van der Waals surface area (Å²) in [6.07, 6.45) is 11.3. The number of aryl methyl sites for hydroxylation is 1. The van der Waals surface area contributed by atoms with Crippen LogP contribution in [0.5, 0.6) is 0 Å². The number of hydrazone groups is 1. The Labute approximate surface area is 250 Å². The molecule has 0 amide bonds. The lowest BCUT2D eigenvalue weighted by atomic mass is 9.35. The van der Waals surface area contributed by atoms with E-state index in [1.165, 1.54) is 49.8 Å². The second-order valence-corrected chi connectivity index (χ2v) is 17.2. The number of hydrogen-bond donors (Lipinski definition) is 2. The van der Waals surface area contributed by atoms with Crippen LogP contribution in [-0.4, -0.2) is 28.1 Å². The zero-order chi connectivity index (χ0) is 29.6. The molecule has 5 fully saturated rings. The first-order valence-corrected chi connectivity index (χ1v) is 16.8. The minimum Gasteiger partial charge on any atom is -0.393 e. The molecule has 1 saturated heterocycles. The summed E-state index contributed by atoms with van der Waals surface area (Å²) in [5, 5.41) is 17.3. The van der Waals surface area contributed by atoms with Crippen LogP contribution in [0.25, 0.3) is 0 Å². The molecule has 4 nitrogen and oxygen atoms in total. The van der Waals surface area contributed by atoms with E-state index in [0.717, 1.165) is 31.4 Å². The van der Waals surface area contributed by atoms with Crippen LogP contribution >= 0.6 is 0 Å². The van der Waals surface area contributed by atoms with Crippen LogP contribution in [0.4, 0.5) is 5.69 Å². The Bertz CT molecular complexity index is 1210. The van der Waals surface area contributed by atoms with Crippen molar-refractivity contribution in [2.45, 2.75) is 144 Å². The Hall–Kier alpha value is -1.39. The number of aliphatic hydroxyl groups excluding tert-OH is 1. The molecule has 0 spiro atoms. The van der Waals surface area contributed by atoms with E-state index < -0.39 is 0 Å². The SMILES string of the molecule is Cc1ccccc1N/N=C1\CC[C@]2(C)[C@H]3C[C@@H](O)[C@@H]4[C@@H]([C@@]5(C)CCCC(C)(C)O5)CC[C@@]4(C)[C@]3(C)CC[C@H]2C1(C)C. The van der Waals surface area contributed by atoms with E-state index in [1.807, 2.05) is 0 Å². The van der Waals surface area contributed by atoms with Crippen LogP contribution in [0.15, 0.2) is 29.4 Å². The number of aliphatic hydroxyl groups is 1. The maximum Gasteiger partial charge on any atom is 0.0693 e. The van der Waals surface area contributed by atoms with Gasteiger partial charge in [-0.2, -0.15) is 5.10 Å². The number of para-hydroxylation sites is 1. The summed E-state index contributed by atoms with van der Waals surface area (Å²) in [7, 11) is 0. The van der Waals surface area contributed by atoms with E-state index in [-0.39, 0.29) is 39.0 Å². The third kappa shape index (κ3) is 4.31. The molecule has 6 rings (SSSR count). The lowest BCUT2D eigenvalue weighted by Gasteiger charge is -2.70. The summed E-state index contributed by atoms with van der Waals surface area (Å²) >= 11 is 0. The number of ether oxygens (including phenoxy) is 1. The van der Waals surface area contributed by atoms with Crippen LogP contribution in [0, 0.1) is 52.3 Å². The summed E-state index contributed by atoms with van der Waals surface area (Å²) in [6, 6.07) is 8.44. The molecule has 1 aromatic carbocycles. The largest absolute Gasteiger partial charge is 0.393 e. The van der Waals surface area contributed by atoms with Crippen LogP contribution in [0.3, 0.4) is 0 Å². The highest BCUT2D eigenvalue weighted by Gasteiger charge is 2.71. The van der Waals surface area contributed by atoms with Gasteiger partial charge in [-0.25, -0.2) is 0 Å². The molecule has 1 aliphatic heterocycles. The van der Waals surface area contributed by atoms with Gasteiger partial charge in [0.1, 0.15) is 0 Å². The molecule has 4 aliphatic carbocycles. The van der Waals surface area contributed by atoms with Crippen molar-refractivity contribution in [3.8, 4) is 0 Å². The second kappa shape index (κ2) is 9.55. The smallest absolute Gasteiger partial charge is 0.0693 e. The quantitative estimate of drug-likeness (QED) is 0.361. The van der Waals surface area contributed by atoms with Crippen LogP contribution < -0.4 is 5.43 Å². The van der Waals surface area contributed by atoms with E-state index in [9.17, 15) is 5.11 Å². The van der Waals surface area contributed by atoms with Gasteiger partial charge in [0.15, 0.2) is 0 Å². The van der Waals surface area contributed by atoms with Gasteiger partial charge < -0.3 is 9.84 Å². The molecule has 0 unspecified atom stereocenters. The van der Waals surface area contributed by atoms with Crippen molar-refractivity contribution < 1.29 is 9.84 Å². The first-order valence-electron chi connectivity index (χ1n) is 16.8. The van der Waals surface area contributed by atoms with Crippen LogP contribution in [0.1, 0.15) is 125 Å². The molecule has 5 aliphatic rings. The molecule has 41 heavy (non-hydrogen) atoms. The minimum atomic E-state index is -0.243. The standard InChI is InChI=1S/C37H58N2O2/c1-24-13-10-11-14-26(24)38-39-30-17-20-34(6)28(33(30,4)5)16-22-35(7)29(34)23-27(40)31-25(15-21-36(31,35)8)37(9)19-12-18-32(2,3)41-37/h10-11,13-14,25,27-29,31,38,40H,12,15-23H2,1-9H3/b39-30+/t25-,27+,28-,29+,31-,34-,35+,36+,37+/m0/s1. The van der Waals surface area contributed by atoms with Gasteiger partial charge >= 0.3 is 0 Å². The highest BCUT2D eigenvalue weighted by Crippen LogP contribution is 2.76. The number of hydrogen-bond acceptors (Lipinski definition) is 4. The number of rotatable bonds is 3. The molecular weight excluding hydrogens is 504 g/mol. The Morgan fingerprint density at radius 1 is 0.854 bits per heavy atom. The fraction of sp³-hybridized carbons (Fsp3) is 0.811. The van der Waals surface area contributed by atoms with E-state index in [0.29, 0.717) is 23.7 Å². The topological polar surface area (TPSA) is 53.9 Å². The van der Waals surface area contributed by atoms with Crippen molar-refractivity contribution in [3.63, 3.8) is 0 Å². The number of nitrogens with zero attached hydrogens (tertiary/aromatic N) is 1. The second-order valence-electron chi connectivity index (χ2n) is 17.2. The van der Waals surface area contributed by atoms with Crippen molar-refractivity contribution in [1.82, 2.24) is 0 Å². The van der Waals surface area contributed by atoms with Gasteiger partial charge in [0, 0.05) is 11.1 Å². The summed E-state index contributed by atoms with van der Waals surface area (Å²) in [6.45, 7) is 21.8. The molecule has 228 valence electrons. The number of fused-ring (bicyclic) bond motifs is 5. The van der Waals surface area contributed by atoms with Crippen molar-refractivity contribution in [2.75, 3.05) is 5.43 Å². The van der Waals surface area contributed by atoms with Gasteiger partial charge in [0.05, 0.1) is 23.0 Å². The van der Waals surface area contributed by atoms with Gasteiger partial charge in [0.2, 0.25) is 0 Å². The molecular formula is C37H58N2O2. The molecule has 2 N–H and O–H groups in total. The molecule has 0 aromatic heterocycles. The maximum atomic E-state index is 12.2. The highest BCUT2D eigenvalue weighted by molar-refractivity contribution is 5.91. The third-order valence-corrected chi connectivity index (χ3v) is 14.4. The lowest BCUT2D eigenvalue weighted by molar-refractivity contribution is -0.244. The van der Waals surface area contributed by atoms with Crippen molar-refractivity contribution in [3.05, 3.63) is 29.8 Å². The van der Waals surface area contributed by atoms with E-state index in [1.54, 1.807) is 0 Å². The average molecular weight is 563 g/mol. The Morgan fingerprint density at radius 3 is 2.27 bits per heavy atom. The number of benzene rings is 1. The molecule has 1 aromatic rings. The minimum absolute atomic E-state index is 0.0277. The monoisotopic (exact) mass is 562 g/mol. The third-order valence-electron chi connectivity index (χ3n) is 14.4. The molecule has 4 saturated carbocycles. The lowest BCUT2D eigenvalue weighted by Crippen LogP contribution is -2.66. The zero-order valence-electron chi connectivity index (χ0n) is 27.6. The molecule has 9 atom stereocenters. The molecule has 0 radical (unpaired) electrons. The Morgan fingerprint density at radius 2 is 1.56 bits per heavy atom. The Balaban J connectivity index is 1.29. The first kappa shape index (κ1) is 29.7. The van der Waals surface area contributed by atoms with Crippen LogP contribution in [0.2, 0.25) is 0 Å². The fourth-order valence-corrected chi connectivity index (χ4v) is 12.1. The Kier molecular flexibility index (Phi) is 6.91. The predicted octanol–water partition coefficient (Wildman–Crippen LogP) is 9.16. The first-order chi connectivity index (χ1) is 19.1. The van der Waals surface area contributed by atoms with Gasteiger partial charge in [-0.05, 0) is 143 Å². The van der Waals surface area contributed by atoms with Gasteiger partial charge in [-0.1, -0.05) is 52.8 Å². The van der Waals surface area contributed by atoms with Crippen LogP contribution in [-0.2, 0) is 4.74 Å². The predicted molar refractivity (Wildman–Crippen MR) is 170 cm³/mol.